The molecule has 5 aliphatic rings. The molecule has 4 unspecified atom stereocenters. The van der Waals surface area contributed by atoms with E-state index in [1.807, 2.05) is 13.8 Å². The van der Waals surface area contributed by atoms with Gasteiger partial charge < -0.3 is 20.1 Å². The second-order valence-corrected chi connectivity index (χ2v) is 15.5. The first-order valence-corrected chi connectivity index (χ1v) is 14.3. The summed E-state index contributed by atoms with van der Waals surface area (Å²) in [6.45, 7) is 18.1. The van der Waals surface area contributed by atoms with Crippen LogP contribution in [0.1, 0.15) is 113 Å². The summed E-state index contributed by atoms with van der Waals surface area (Å²) >= 11 is 0. The van der Waals surface area contributed by atoms with Crippen molar-refractivity contribution in [1.82, 2.24) is 0 Å². The summed E-state index contributed by atoms with van der Waals surface area (Å²) < 4.78 is 6.68. The monoisotopic (exact) mass is 476 g/mol. The molecule has 0 radical (unpaired) electrons. The lowest BCUT2D eigenvalue weighted by Crippen LogP contribution is -2.67. The normalized spacial score (nSPS) is 57.1. The fourth-order valence-electron chi connectivity index (χ4n) is 11.2. The fraction of sp³-hybridized carbons (Fsp3) is 1.00. The van der Waals surface area contributed by atoms with Gasteiger partial charge in [0.1, 0.15) is 0 Å². The second kappa shape index (κ2) is 7.45. The van der Waals surface area contributed by atoms with Crippen LogP contribution in [0.3, 0.4) is 0 Å². The van der Waals surface area contributed by atoms with Gasteiger partial charge in [-0.3, -0.25) is 0 Å². The van der Waals surface area contributed by atoms with E-state index in [1.54, 1.807) is 0 Å². The fourth-order valence-corrected chi connectivity index (χ4v) is 11.2. The number of hydrogen-bond donors (Lipinski definition) is 3. The first kappa shape index (κ1) is 25.5. The van der Waals surface area contributed by atoms with Gasteiger partial charge in [-0.1, -0.05) is 34.6 Å². The maximum atomic E-state index is 12.0. The van der Waals surface area contributed by atoms with Crippen LogP contribution < -0.4 is 0 Å². The standard InChI is InChI=1S/C30H52O4/c1-25(2)21-10-15-29(7)24(27(21,5)13-11-22(25)32)20(31)17-19-18(9-14-28(19,29)6)30(8)16-12-23(34-30)26(3,4)33/h18-24,31-33H,9-17H2,1-8H3/t18-,19?,20?,21?,22-,23-,24?,27-,28+,29+,30+/m0/s1. The Hall–Kier alpha value is -0.160. The molecule has 0 spiro atoms. The Morgan fingerprint density at radius 1 is 0.765 bits per heavy atom. The Balaban J connectivity index is 1.48. The van der Waals surface area contributed by atoms with Crippen molar-refractivity contribution in [2.45, 2.75) is 143 Å². The molecule has 0 bridgehead atoms. The van der Waals surface area contributed by atoms with Gasteiger partial charge in [0.05, 0.1) is 29.5 Å². The van der Waals surface area contributed by atoms with Crippen LogP contribution in [0.15, 0.2) is 0 Å². The number of rotatable bonds is 2. The van der Waals surface area contributed by atoms with Crippen LogP contribution in [0.2, 0.25) is 0 Å². The molecule has 4 saturated carbocycles. The SMILES string of the molecule is CC(C)(O)[C@@H]1CC[C@](C)([C@H]2CC[C@]3(C)C2CC(O)C2[C@@]4(C)CC[C@H](O)C(C)(C)C4CC[C@]23C)O1. The summed E-state index contributed by atoms with van der Waals surface area (Å²) in [4.78, 5) is 0. The second-order valence-electron chi connectivity index (χ2n) is 15.5. The molecule has 4 aliphatic carbocycles. The molecule has 1 heterocycles. The van der Waals surface area contributed by atoms with Crippen LogP contribution >= 0.6 is 0 Å². The highest BCUT2D eigenvalue weighted by Crippen LogP contribution is 2.76. The molecule has 4 nitrogen and oxygen atoms in total. The molecule has 0 aromatic carbocycles. The van der Waals surface area contributed by atoms with E-state index in [2.05, 4.69) is 41.5 Å². The van der Waals surface area contributed by atoms with Gasteiger partial charge in [-0.05, 0) is 124 Å². The molecule has 34 heavy (non-hydrogen) atoms. The molecular formula is C30H52O4. The third-order valence-corrected chi connectivity index (χ3v) is 13.2. The zero-order valence-corrected chi connectivity index (χ0v) is 23.2. The summed E-state index contributed by atoms with van der Waals surface area (Å²) in [6, 6.07) is 0. The molecule has 0 aromatic heterocycles. The molecule has 3 N–H and O–H groups in total. The van der Waals surface area contributed by atoms with E-state index in [1.165, 1.54) is 6.42 Å². The number of aliphatic hydroxyl groups is 3. The molecule has 5 rings (SSSR count). The number of ether oxygens (including phenoxy) is 1. The quantitative estimate of drug-likeness (QED) is 0.477. The third-order valence-electron chi connectivity index (χ3n) is 13.2. The lowest BCUT2D eigenvalue weighted by molar-refractivity contribution is -0.257. The smallest absolute Gasteiger partial charge is 0.0865 e. The maximum absolute atomic E-state index is 12.0. The first-order chi connectivity index (χ1) is 15.5. The van der Waals surface area contributed by atoms with E-state index in [0.717, 1.165) is 51.4 Å². The van der Waals surface area contributed by atoms with Gasteiger partial charge >= 0.3 is 0 Å². The molecular weight excluding hydrogens is 424 g/mol. The Bertz CT molecular complexity index is 817. The molecule has 4 heteroatoms. The zero-order chi connectivity index (χ0) is 25.1. The summed E-state index contributed by atoms with van der Waals surface area (Å²) in [5.41, 5.74) is -0.766. The molecule has 1 saturated heterocycles. The topological polar surface area (TPSA) is 69.9 Å². The number of aliphatic hydroxyl groups excluding tert-OH is 2. The highest BCUT2D eigenvalue weighted by molar-refractivity contribution is 5.20. The highest BCUT2D eigenvalue weighted by atomic mass is 16.5. The van der Waals surface area contributed by atoms with Crippen molar-refractivity contribution in [3.05, 3.63) is 0 Å². The van der Waals surface area contributed by atoms with E-state index < -0.39 is 5.60 Å². The van der Waals surface area contributed by atoms with E-state index in [-0.39, 0.29) is 51.5 Å². The summed E-state index contributed by atoms with van der Waals surface area (Å²) in [7, 11) is 0. The van der Waals surface area contributed by atoms with Gasteiger partial charge in [-0.25, -0.2) is 0 Å². The Morgan fingerprint density at radius 3 is 2.03 bits per heavy atom. The van der Waals surface area contributed by atoms with Crippen molar-refractivity contribution in [3.8, 4) is 0 Å². The molecule has 196 valence electrons. The van der Waals surface area contributed by atoms with Gasteiger partial charge in [0.25, 0.3) is 0 Å². The van der Waals surface area contributed by atoms with E-state index >= 15 is 0 Å². The van der Waals surface area contributed by atoms with Gasteiger partial charge in [-0.2, -0.15) is 0 Å². The van der Waals surface area contributed by atoms with Crippen molar-refractivity contribution in [2.24, 2.45) is 45.3 Å². The molecule has 11 atom stereocenters. The van der Waals surface area contributed by atoms with E-state index in [9.17, 15) is 15.3 Å². The number of fused-ring (bicyclic) bond motifs is 5. The van der Waals surface area contributed by atoms with E-state index in [4.69, 9.17) is 4.74 Å². The van der Waals surface area contributed by atoms with Crippen LogP contribution in [0.25, 0.3) is 0 Å². The van der Waals surface area contributed by atoms with Gasteiger partial charge in [-0.15, -0.1) is 0 Å². The summed E-state index contributed by atoms with van der Waals surface area (Å²) in [6.07, 6.45) is 8.71. The molecule has 0 aromatic rings. The number of hydrogen-bond acceptors (Lipinski definition) is 4. The largest absolute Gasteiger partial charge is 0.393 e. The predicted molar refractivity (Wildman–Crippen MR) is 135 cm³/mol. The lowest BCUT2D eigenvalue weighted by Gasteiger charge is -2.70. The van der Waals surface area contributed by atoms with Crippen LogP contribution in [-0.4, -0.2) is 44.8 Å². The predicted octanol–water partition coefficient (Wildman–Crippen LogP) is 5.71. The van der Waals surface area contributed by atoms with Gasteiger partial charge in [0.15, 0.2) is 0 Å². The average Bonchev–Trinajstić information content (AvgIpc) is 3.27. The van der Waals surface area contributed by atoms with Crippen molar-refractivity contribution in [3.63, 3.8) is 0 Å². The lowest BCUT2D eigenvalue weighted by atomic mass is 9.35. The van der Waals surface area contributed by atoms with E-state index in [0.29, 0.717) is 17.8 Å². The van der Waals surface area contributed by atoms with Crippen LogP contribution in [0.5, 0.6) is 0 Å². The Morgan fingerprint density at radius 2 is 1.41 bits per heavy atom. The van der Waals surface area contributed by atoms with Crippen molar-refractivity contribution < 1.29 is 20.1 Å². The van der Waals surface area contributed by atoms with Crippen molar-refractivity contribution >= 4 is 0 Å². The summed E-state index contributed by atoms with van der Waals surface area (Å²) in [5.74, 6) is 1.63. The minimum absolute atomic E-state index is 0.0704. The Kier molecular flexibility index (Phi) is 5.59. The minimum Gasteiger partial charge on any atom is -0.393 e. The molecule has 0 amide bonds. The van der Waals surface area contributed by atoms with Crippen molar-refractivity contribution in [1.29, 1.82) is 0 Å². The van der Waals surface area contributed by atoms with Crippen molar-refractivity contribution in [2.75, 3.05) is 0 Å². The first-order valence-electron chi connectivity index (χ1n) is 14.3. The Labute approximate surface area is 208 Å². The minimum atomic E-state index is -0.811. The van der Waals surface area contributed by atoms with Gasteiger partial charge in [0.2, 0.25) is 0 Å². The van der Waals surface area contributed by atoms with Crippen LogP contribution in [0, 0.1) is 45.3 Å². The van der Waals surface area contributed by atoms with Crippen LogP contribution in [0.4, 0.5) is 0 Å². The van der Waals surface area contributed by atoms with Gasteiger partial charge in [0, 0.05) is 0 Å². The maximum Gasteiger partial charge on any atom is 0.0865 e. The average molecular weight is 477 g/mol. The van der Waals surface area contributed by atoms with Crippen LogP contribution in [-0.2, 0) is 4.74 Å². The molecule has 5 fully saturated rings. The highest BCUT2D eigenvalue weighted by Gasteiger charge is 2.72. The summed E-state index contributed by atoms with van der Waals surface area (Å²) in [5, 5.41) is 33.5. The molecule has 1 aliphatic heterocycles. The third kappa shape index (κ3) is 3.16. The zero-order valence-electron chi connectivity index (χ0n) is 23.2.